The SMILES string of the molecule is Cc1cccc(COC(=O)CCNS(=O)(=O)c2ccc(Cl)cc2)c1. The number of hydrogen-bond donors (Lipinski definition) is 1. The zero-order chi connectivity index (χ0) is 17.6. The molecule has 0 amide bonds. The quantitative estimate of drug-likeness (QED) is 0.763. The van der Waals surface area contributed by atoms with Crippen molar-refractivity contribution in [2.24, 2.45) is 0 Å². The maximum absolute atomic E-state index is 12.0. The first-order chi connectivity index (χ1) is 11.4. The lowest BCUT2D eigenvalue weighted by Crippen LogP contribution is -2.26. The van der Waals surface area contributed by atoms with Gasteiger partial charge in [-0.15, -0.1) is 0 Å². The molecule has 0 unspecified atom stereocenters. The summed E-state index contributed by atoms with van der Waals surface area (Å²) in [7, 11) is -3.66. The third-order valence-corrected chi connectivity index (χ3v) is 4.96. The van der Waals surface area contributed by atoms with Crippen molar-refractivity contribution in [3.63, 3.8) is 0 Å². The Morgan fingerprint density at radius 3 is 2.54 bits per heavy atom. The number of nitrogens with one attached hydrogen (secondary N) is 1. The van der Waals surface area contributed by atoms with Crippen molar-refractivity contribution in [2.75, 3.05) is 6.54 Å². The molecule has 2 aromatic rings. The van der Waals surface area contributed by atoms with Crippen LogP contribution in [-0.2, 0) is 26.2 Å². The second-order valence-electron chi connectivity index (χ2n) is 5.25. The van der Waals surface area contributed by atoms with E-state index >= 15 is 0 Å². The molecule has 2 rings (SSSR count). The molecule has 0 aliphatic carbocycles. The van der Waals surface area contributed by atoms with E-state index in [1.54, 1.807) is 0 Å². The van der Waals surface area contributed by atoms with E-state index in [2.05, 4.69) is 4.72 Å². The molecule has 0 radical (unpaired) electrons. The van der Waals surface area contributed by atoms with E-state index in [1.807, 2.05) is 31.2 Å². The lowest BCUT2D eigenvalue weighted by atomic mass is 10.1. The molecular weight excluding hydrogens is 350 g/mol. The molecule has 0 saturated heterocycles. The van der Waals surface area contributed by atoms with Gasteiger partial charge in [0.25, 0.3) is 0 Å². The van der Waals surface area contributed by atoms with Crippen LogP contribution in [0.2, 0.25) is 5.02 Å². The normalized spacial score (nSPS) is 11.2. The zero-order valence-electron chi connectivity index (χ0n) is 13.2. The number of benzene rings is 2. The first kappa shape index (κ1) is 18.4. The molecule has 0 heterocycles. The molecule has 0 aromatic heterocycles. The third-order valence-electron chi connectivity index (χ3n) is 3.23. The fourth-order valence-electron chi connectivity index (χ4n) is 2.02. The van der Waals surface area contributed by atoms with Crippen LogP contribution in [0.3, 0.4) is 0 Å². The van der Waals surface area contributed by atoms with Crippen LogP contribution in [0.1, 0.15) is 17.5 Å². The van der Waals surface area contributed by atoms with Crippen LogP contribution in [0.5, 0.6) is 0 Å². The molecule has 2 aromatic carbocycles. The zero-order valence-corrected chi connectivity index (χ0v) is 14.7. The Morgan fingerprint density at radius 2 is 1.88 bits per heavy atom. The summed E-state index contributed by atoms with van der Waals surface area (Å²) in [5.41, 5.74) is 1.98. The monoisotopic (exact) mass is 367 g/mol. The molecule has 0 atom stereocenters. The van der Waals surface area contributed by atoms with E-state index in [0.29, 0.717) is 5.02 Å². The predicted octanol–water partition coefficient (Wildman–Crippen LogP) is 3.06. The Bertz CT molecular complexity index is 804. The first-order valence-electron chi connectivity index (χ1n) is 7.33. The van der Waals surface area contributed by atoms with E-state index in [1.165, 1.54) is 24.3 Å². The number of halogens is 1. The summed E-state index contributed by atoms with van der Waals surface area (Å²) in [4.78, 5) is 11.8. The largest absolute Gasteiger partial charge is 0.461 e. The molecule has 0 saturated carbocycles. The highest BCUT2D eigenvalue weighted by Crippen LogP contribution is 2.13. The topological polar surface area (TPSA) is 72.5 Å². The minimum absolute atomic E-state index is 0.0301. The summed E-state index contributed by atoms with van der Waals surface area (Å²) >= 11 is 5.73. The molecule has 0 bridgehead atoms. The average molecular weight is 368 g/mol. The second-order valence-corrected chi connectivity index (χ2v) is 7.45. The highest BCUT2D eigenvalue weighted by molar-refractivity contribution is 7.89. The summed E-state index contributed by atoms with van der Waals surface area (Å²) in [6.07, 6.45) is -0.0430. The summed E-state index contributed by atoms with van der Waals surface area (Å²) in [6, 6.07) is 13.4. The van der Waals surface area contributed by atoms with E-state index in [9.17, 15) is 13.2 Å². The van der Waals surface area contributed by atoms with E-state index in [0.717, 1.165) is 11.1 Å². The van der Waals surface area contributed by atoms with Crippen molar-refractivity contribution in [2.45, 2.75) is 24.8 Å². The maximum Gasteiger partial charge on any atom is 0.307 e. The van der Waals surface area contributed by atoms with Gasteiger partial charge in [-0.25, -0.2) is 13.1 Å². The average Bonchev–Trinajstić information content (AvgIpc) is 2.53. The van der Waals surface area contributed by atoms with Gasteiger partial charge in [0.05, 0.1) is 11.3 Å². The number of hydrogen-bond acceptors (Lipinski definition) is 4. The molecule has 1 N–H and O–H groups in total. The van der Waals surface area contributed by atoms with Gasteiger partial charge in [-0.1, -0.05) is 41.4 Å². The fourth-order valence-corrected chi connectivity index (χ4v) is 3.18. The van der Waals surface area contributed by atoms with Gasteiger partial charge in [-0.2, -0.15) is 0 Å². The summed E-state index contributed by atoms with van der Waals surface area (Å²) < 4.78 is 31.6. The lowest BCUT2D eigenvalue weighted by Gasteiger charge is -2.08. The minimum atomic E-state index is -3.66. The highest BCUT2D eigenvalue weighted by Gasteiger charge is 2.14. The van der Waals surface area contributed by atoms with Gasteiger partial charge in [0.2, 0.25) is 10.0 Å². The van der Waals surface area contributed by atoms with Crippen molar-refractivity contribution >= 4 is 27.6 Å². The van der Waals surface area contributed by atoms with Gasteiger partial charge in [0, 0.05) is 11.6 Å². The van der Waals surface area contributed by atoms with Gasteiger partial charge in [0.1, 0.15) is 6.61 Å². The second kappa shape index (κ2) is 8.28. The van der Waals surface area contributed by atoms with Crippen LogP contribution >= 0.6 is 11.6 Å². The van der Waals surface area contributed by atoms with Crippen molar-refractivity contribution in [3.05, 3.63) is 64.7 Å². The molecule has 0 fully saturated rings. The van der Waals surface area contributed by atoms with E-state index in [-0.39, 0.29) is 24.5 Å². The van der Waals surface area contributed by atoms with Crippen molar-refractivity contribution in [3.8, 4) is 0 Å². The number of aryl methyl sites for hydroxylation is 1. The molecule has 0 aliphatic heterocycles. The Morgan fingerprint density at radius 1 is 1.17 bits per heavy atom. The van der Waals surface area contributed by atoms with Gasteiger partial charge in [0.15, 0.2) is 0 Å². The highest BCUT2D eigenvalue weighted by atomic mass is 35.5. The van der Waals surface area contributed by atoms with E-state index in [4.69, 9.17) is 16.3 Å². The molecule has 7 heteroatoms. The van der Waals surface area contributed by atoms with Gasteiger partial charge >= 0.3 is 5.97 Å². The third kappa shape index (κ3) is 5.63. The Kier molecular flexibility index (Phi) is 6.36. The molecule has 0 aliphatic rings. The van der Waals surface area contributed by atoms with Gasteiger partial charge < -0.3 is 4.74 Å². The minimum Gasteiger partial charge on any atom is -0.461 e. The van der Waals surface area contributed by atoms with Crippen LogP contribution in [0.15, 0.2) is 53.4 Å². The van der Waals surface area contributed by atoms with Crippen LogP contribution in [-0.4, -0.2) is 20.9 Å². The first-order valence-corrected chi connectivity index (χ1v) is 9.19. The molecule has 0 spiro atoms. The van der Waals surface area contributed by atoms with Crippen molar-refractivity contribution in [1.29, 1.82) is 0 Å². The number of esters is 1. The Balaban J connectivity index is 1.78. The number of rotatable bonds is 7. The Hall–Kier alpha value is -1.89. The van der Waals surface area contributed by atoms with Crippen LogP contribution < -0.4 is 4.72 Å². The summed E-state index contributed by atoms with van der Waals surface area (Å²) in [6.45, 7) is 2.10. The number of ether oxygens (including phenoxy) is 1. The molecular formula is C17H18ClNO4S. The van der Waals surface area contributed by atoms with Crippen molar-refractivity contribution in [1.82, 2.24) is 4.72 Å². The molecule has 5 nitrogen and oxygen atoms in total. The molecule has 128 valence electrons. The lowest BCUT2D eigenvalue weighted by molar-refractivity contribution is -0.144. The van der Waals surface area contributed by atoms with Crippen LogP contribution in [0.4, 0.5) is 0 Å². The van der Waals surface area contributed by atoms with Crippen LogP contribution in [0, 0.1) is 6.92 Å². The van der Waals surface area contributed by atoms with Gasteiger partial charge in [-0.3, -0.25) is 4.79 Å². The number of carbonyl (C=O) groups is 1. The standard InChI is InChI=1S/C17H18ClNO4S/c1-13-3-2-4-14(11-13)12-23-17(20)9-10-19-24(21,22)16-7-5-15(18)6-8-16/h2-8,11,19H,9-10,12H2,1H3. The van der Waals surface area contributed by atoms with E-state index < -0.39 is 16.0 Å². The summed E-state index contributed by atoms with van der Waals surface area (Å²) in [5.74, 6) is -0.463. The number of sulfonamides is 1. The molecule has 24 heavy (non-hydrogen) atoms. The summed E-state index contributed by atoms with van der Waals surface area (Å²) in [5, 5.41) is 0.452. The van der Waals surface area contributed by atoms with Crippen molar-refractivity contribution < 1.29 is 17.9 Å². The number of carbonyl (C=O) groups excluding carboxylic acids is 1. The van der Waals surface area contributed by atoms with Crippen LogP contribution in [0.25, 0.3) is 0 Å². The fraction of sp³-hybridized carbons (Fsp3) is 0.235. The Labute approximate surface area is 146 Å². The maximum atomic E-state index is 12.0. The predicted molar refractivity (Wildman–Crippen MR) is 92.2 cm³/mol. The smallest absolute Gasteiger partial charge is 0.307 e. The van der Waals surface area contributed by atoms with Gasteiger partial charge in [-0.05, 0) is 36.8 Å².